The van der Waals surface area contributed by atoms with Crippen LogP contribution >= 0.6 is 15.9 Å². The van der Waals surface area contributed by atoms with E-state index in [0.717, 1.165) is 18.7 Å². The van der Waals surface area contributed by atoms with E-state index in [9.17, 15) is 0 Å². The molecular formula is C12H20BrN3O. The molecule has 5 heteroatoms. The fourth-order valence-corrected chi connectivity index (χ4v) is 2.06. The number of ether oxygens (including phenoxy) is 1. The Kier molecular flexibility index (Phi) is 6.26. The second-order valence-corrected chi connectivity index (χ2v) is 5.71. The first-order chi connectivity index (χ1) is 8.11. The van der Waals surface area contributed by atoms with Gasteiger partial charge in [-0.05, 0) is 19.8 Å². The molecule has 96 valence electrons. The highest BCUT2D eigenvalue weighted by atomic mass is 79.9. The van der Waals surface area contributed by atoms with Crippen molar-refractivity contribution in [3.63, 3.8) is 0 Å². The number of nitrogens with zero attached hydrogens (tertiary/aromatic N) is 2. The third kappa shape index (κ3) is 5.86. The van der Waals surface area contributed by atoms with Gasteiger partial charge in [0, 0.05) is 16.9 Å². The van der Waals surface area contributed by atoms with Gasteiger partial charge in [0.15, 0.2) is 0 Å². The zero-order valence-corrected chi connectivity index (χ0v) is 12.2. The monoisotopic (exact) mass is 301 g/mol. The zero-order chi connectivity index (χ0) is 12.7. The maximum atomic E-state index is 5.46. The molecule has 1 rings (SSSR count). The zero-order valence-electron chi connectivity index (χ0n) is 10.6. The molecule has 0 saturated heterocycles. The van der Waals surface area contributed by atoms with Gasteiger partial charge in [-0.2, -0.15) is 0 Å². The topological polar surface area (TPSA) is 47.0 Å². The van der Waals surface area contributed by atoms with Crippen LogP contribution in [0.5, 0.6) is 5.88 Å². The van der Waals surface area contributed by atoms with Gasteiger partial charge in [-0.3, -0.25) is 0 Å². The van der Waals surface area contributed by atoms with Crippen molar-refractivity contribution in [1.29, 1.82) is 0 Å². The summed E-state index contributed by atoms with van der Waals surface area (Å²) >= 11 is 3.54. The minimum atomic E-state index is 0.360. The summed E-state index contributed by atoms with van der Waals surface area (Å²) in [5.41, 5.74) is 0. The molecule has 0 bridgehead atoms. The fraction of sp³-hybridized carbons (Fsp3) is 0.667. The van der Waals surface area contributed by atoms with Gasteiger partial charge in [-0.1, -0.05) is 29.8 Å². The number of halogens is 1. The molecule has 0 fully saturated rings. The molecular weight excluding hydrogens is 282 g/mol. The van der Waals surface area contributed by atoms with Crippen LogP contribution in [0.4, 0.5) is 5.82 Å². The number of hydrogen-bond donors (Lipinski definition) is 1. The molecule has 1 aromatic heterocycles. The summed E-state index contributed by atoms with van der Waals surface area (Å²) in [6.45, 7) is 7.02. The second-order valence-electron chi connectivity index (χ2n) is 4.15. The number of hydrogen-bond acceptors (Lipinski definition) is 4. The van der Waals surface area contributed by atoms with Crippen molar-refractivity contribution in [2.45, 2.75) is 44.5 Å². The van der Waals surface area contributed by atoms with Crippen molar-refractivity contribution in [2.24, 2.45) is 0 Å². The van der Waals surface area contributed by atoms with Gasteiger partial charge >= 0.3 is 0 Å². The molecule has 0 spiro atoms. The Morgan fingerprint density at radius 2 is 2.18 bits per heavy atom. The molecule has 0 radical (unpaired) electrons. The maximum Gasteiger partial charge on any atom is 0.218 e. The van der Waals surface area contributed by atoms with E-state index in [0.29, 0.717) is 23.4 Å². The predicted molar refractivity (Wildman–Crippen MR) is 73.9 cm³/mol. The Hall–Kier alpha value is -0.840. The summed E-state index contributed by atoms with van der Waals surface area (Å²) in [7, 11) is 0. The van der Waals surface area contributed by atoms with Crippen molar-refractivity contribution in [2.75, 3.05) is 11.9 Å². The van der Waals surface area contributed by atoms with E-state index in [1.807, 2.05) is 6.07 Å². The third-order valence-electron chi connectivity index (χ3n) is 2.17. The van der Waals surface area contributed by atoms with Gasteiger partial charge in [0.05, 0.1) is 6.61 Å². The molecule has 0 amide bonds. The molecule has 0 saturated carbocycles. The van der Waals surface area contributed by atoms with Crippen LogP contribution in [0.1, 0.15) is 33.6 Å². The molecule has 1 heterocycles. The van der Waals surface area contributed by atoms with Gasteiger partial charge in [0.25, 0.3) is 0 Å². The first kappa shape index (κ1) is 14.2. The van der Waals surface area contributed by atoms with Crippen LogP contribution in [-0.2, 0) is 0 Å². The van der Waals surface area contributed by atoms with E-state index >= 15 is 0 Å². The molecule has 1 aromatic rings. The van der Waals surface area contributed by atoms with Crippen LogP contribution < -0.4 is 10.1 Å². The molecule has 1 N–H and O–H groups in total. The Balaban J connectivity index is 2.52. The highest BCUT2D eigenvalue weighted by molar-refractivity contribution is 9.09. The van der Waals surface area contributed by atoms with Gasteiger partial charge in [0.2, 0.25) is 5.88 Å². The van der Waals surface area contributed by atoms with Crippen molar-refractivity contribution in [1.82, 2.24) is 9.97 Å². The number of alkyl halides is 1. The Morgan fingerprint density at radius 3 is 2.82 bits per heavy atom. The van der Waals surface area contributed by atoms with Gasteiger partial charge in [-0.25, -0.2) is 9.97 Å². The molecule has 4 nitrogen and oxygen atoms in total. The first-order valence-electron chi connectivity index (χ1n) is 5.97. The van der Waals surface area contributed by atoms with Gasteiger partial charge in [0.1, 0.15) is 12.1 Å². The number of anilines is 1. The SMILES string of the molecule is CCCOc1cc(NC(C)CC(C)Br)ncn1. The minimum Gasteiger partial charge on any atom is -0.478 e. The predicted octanol–water partition coefficient (Wildman–Crippen LogP) is 3.24. The molecule has 2 unspecified atom stereocenters. The van der Waals surface area contributed by atoms with Crippen LogP contribution in [0.3, 0.4) is 0 Å². The van der Waals surface area contributed by atoms with E-state index in [2.05, 4.69) is 52.0 Å². The lowest BCUT2D eigenvalue weighted by atomic mass is 10.2. The Morgan fingerprint density at radius 1 is 1.41 bits per heavy atom. The van der Waals surface area contributed by atoms with Crippen LogP contribution in [0.25, 0.3) is 0 Å². The van der Waals surface area contributed by atoms with Crippen LogP contribution in [0.2, 0.25) is 0 Å². The van der Waals surface area contributed by atoms with E-state index in [1.54, 1.807) is 0 Å². The van der Waals surface area contributed by atoms with Crippen molar-refractivity contribution in [3.8, 4) is 5.88 Å². The molecule has 0 aliphatic carbocycles. The van der Waals surface area contributed by atoms with Crippen molar-refractivity contribution >= 4 is 21.7 Å². The van der Waals surface area contributed by atoms with Crippen LogP contribution in [-0.4, -0.2) is 27.4 Å². The molecule has 2 atom stereocenters. The molecule has 17 heavy (non-hydrogen) atoms. The van der Waals surface area contributed by atoms with Crippen molar-refractivity contribution in [3.05, 3.63) is 12.4 Å². The summed E-state index contributed by atoms with van der Waals surface area (Å²) in [5, 5.41) is 3.33. The lowest BCUT2D eigenvalue weighted by Gasteiger charge is -2.15. The van der Waals surface area contributed by atoms with Crippen molar-refractivity contribution < 1.29 is 4.74 Å². The largest absolute Gasteiger partial charge is 0.478 e. The van der Waals surface area contributed by atoms with Crippen LogP contribution in [0.15, 0.2) is 12.4 Å². The highest BCUT2D eigenvalue weighted by Gasteiger charge is 2.07. The molecule has 0 aliphatic rings. The Labute approximate surface area is 111 Å². The average molecular weight is 302 g/mol. The Bertz CT molecular complexity index is 333. The van der Waals surface area contributed by atoms with E-state index < -0.39 is 0 Å². The molecule has 0 aromatic carbocycles. The summed E-state index contributed by atoms with van der Waals surface area (Å²) < 4.78 is 5.46. The summed E-state index contributed by atoms with van der Waals surface area (Å²) in [6, 6.07) is 2.20. The van der Waals surface area contributed by atoms with Crippen LogP contribution in [0, 0.1) is 0 Å². The highest BCUT2D eigenvalue weighted by Crippen LogP contribution is 2.15. The van der Waals surface area contributed by atoms with E-state index in [-0.39, 0.29) is 0 Å². The number of rotatable bonds is 7. The number of nitrogens with one attached hydrogen (secondary N) is 1. The number of aromatic nitrogens is 2. The van der Waals surface area contributed by atoms with E-state index in [4.69, 9.17) is 4.74 Å². The maximum absolute atomic E-state index is 5.46. The standard InChI is InChI=1S/C12H20BrN3O/c1-4-5-17-12-7-11(14-8-15-12)16-10(3)6-9(2)13/h7-10H,4-6H2,1-3H3,(H,14,15,16). The third-order valence-corrected chi connectivity index (χ3v) is 2.54. The fourth-order valence-electron chi connectivity index (χ4n) is 1.50. The summed E-state index contributed by atoms with van der Waals surface area (Å²) in [6.07, 6.45) is 3.54. The van der Waals surface area contributed by atoms with E-state index in [1.165, 1.54) is 6.33 Å². The quantitative estimate of drug-likeness (QED) is 0.786. The first-order valence-corrected chi connectivity index (χ1v) is 6.88. The van der Waals surface area contributed by atoms with Gasteiger partial charge < -0.3 is 10.1 Å². The minimum absolute atomic E-state index is 0.360. The summed E-state index contributed by atoms with van der Waals surface area (Å²) in [4.78, 5) is 8.73. The lowest BCUT2D eigenvalue weighted by molar-refractivity contribution is 0.305. The van der Waals surface area contributed by atoms with Gasteiger partial charge in [-0.15, -0.1) is 0 Å². The normalized spacial score (nSPS) is 14.1. The lowest BCUT2D eigenvalue weighted by Crippen LogP contribution is -2.19. The average Bonchev–Trinajstić information content (AvgIpc) is 2.25. The summed E-state index contributed by atoms with van der Waals surface area (Å²) in [5.74, 6) is 1.44. The second kappa shape index (κ2) is 7.48. The smallest absolute Gasteiger partial charge is 0.218 e. The molecule has 0 aliphatic heterocycles.